The summed E-state index contributed by atoms with van der Waals surface area (Å²) in [6.45, 7) is 2.20. The SMILES string of the molecule is CCN(C1CC1)S(=O)(=O)c1cccc(C(=O)O)c1. The van der Waals surface area contributed by atoms with Gasteiger partial charge in [-0.25, -0.2) is 13.2 Å². The minimum Gasteiger partial charge on any atom is -0.478 e. The lowest BCUT2D eigenvalue weighted by atomic mass is 10.2. The van der Waals surface area contributed by atoms with Crippen LogP contribution < -0.4 is 0 Å². The summed E-state index contributed by atoms with van der Waals surface area (Å²) >= 11 is 0. The summed E-state index contributed by atoms with van der Waals surface area (Å²) in [5.41, 5.74) is -0.0112. The number of aromatic carboxylic acids is 1. The van der Waals surface area contributed by atoms with Crippen molar-refractivity contribution in [1.29, 1.82) is 0 Å². The highest BCUT2D eigenvalue weighted by Gasteiger charge is 2.36. The summed E-state index contributed by atoms with van der Waals surface area (Å²) in [5, 5.41) is 8.88. The van der Waals surface area contributed by atoms with Gasteiger partial charge in [-0.2, -0.15) is 4.31 Å². The topological polar surface area (TPSA) is 74.7 Å². The maximum Gasteiger partial charge on any atom is 0.335 e. The molecule has 5 nitrogen and oxygen atoms in total. The Morgan fingerprint density at radius 2 is 2.11 bits per heavy atom. The molecule has 0 heterocycles. The highest BCUT2D eigenvalue weighted by Crippen LogP contribution is 2.31. The number of rotatable bonds is 5. The molecule has 1 aromatic carbocycles. The molecule has 98 valence electrons. The van der Waals surface area contributed by atoms with Crippen LogP contribution in [0, 0.1) is 0 Å². The zero-order valence-electron chi connectivity index (χ0n) is 10.0. The summed E-state index contributed by atoms with van der Waals surface area (Å²) in [6.07, 6.45) is 1.76. The van der Waals surface area contributed by atoms with Crippen LogP contribution in [-0.2, 0) is 10.0 Å². The average molecular weight is 269 g/mol. The van der Waals surface area contributed by atoms with Gasteiger partial charge in [0.25, 0.3) is 0 Å². The first-order valence-corrected chi connectivity index (χ1v) is 7.26. The van der Waals surface area contributed by atoms with Gasteiger partial charge < -0.3 is 5.11 Å². The monoisotopic (exact) mass is 269 g/mol. The largest absolute Gasteiger partial charge is 0.478 e. The van der Waals surface area contributed by atoms with Crippen LogP contribution in [0.15, 0.2) is 29.2 Å². The first-order chi connectivity index (χ1) is 8.46. The molecule has 1 aromatic rings. The maximum absolute atomic E-state index is 12.4. The van der Waals surface area contributed by atoms with Crippen molar-refractivity contribution < 1.29 is 18.3 Å². The zero-order chi connectivity index (χ0) is 13.3. The summed E-state index contributed by atoms with van der Waals surface area (Å²) in [4.78, 5) is 10.9. The van der Waals surface area contributed by atoms with E-state index in [4.69, 9.17) is 5.11 Å². The second kappa shape index (κ2) is 4.70. The van der Waals surface area contributed by atoms with Crippen LogP contribution in [0.2, 0.25) is 0 Å². The van der Waals surface area contributed by atoms with Gasteiger partial charge in [0.05, 0.1) is 10.5 Å². The van der Waals surface area contributed by atoms with Crippen LogP contribution >= 0.6 is 0 Å². The Morgan fingerprint density at radius 3 is 2.61 bits per heavy atom. The van der Waals surface area contributed by atoms with Crippen LogP contribution in [0.4, 0.5) is 0 Å². The summed E-state index contributed by atoms with van der Waals surface area (Å²) < 4.78 is 26.1. The van der Waals surface area contributed by atoms with E-state index >= 15 is 0 Å². The van der Waals surface area contributed by atoms with Crippen molar-refractivity contribution in [3.63, 3.8) is 0 Å². The Morgan fingerprint density at radius 1 is 1.44 bits per heavy atom. The van der Waals surface area contributed by atoms with Crippen molar-refractivity contribution in [2.45, 2.75) is 30.7 Å². The van der Waals surface area contributed by atoms with E-state index in [0.717, 1.165) is 12.8 Å². The lowest BCUT2D eigenvalue weighted by Gasteiger charge is -2.20. The predicted molar refractivity (Wildman–Crippen MR) is 66.0 cm³/mol. The van der Waals surface area contributed by atoms with Crippen LogP contribution in [0.5, 0.6) is 0 Å². The lowest BCUT2D eigenvalue weighted by molar-refractivity contribution is 0.0696. The molecule has 1 aliphatic carbocycles. The molecule has 0 radical (unpaired) electrons. The number of hydrogen-bond donors (Lipinski definition) is 1. The van der Waals surface area contributed by atoms with Crippen molar-refractivity contribution in [1.82, 2.24) is 4.31 Å². The average Bonchev–Trinajstić information content (AvgIpc) is 3.14. The Balaban J connectivity index is 2.40. The van der Waals surface area contributed by atoms with E-state index in [1.54, 1.807) is 6.92 Å². The highest BCUT2D eigenvalue weighted by molar-refractivity contribution is 7.89. The molecule has 0 aromatic heterocycles. The number of sulfonamides is 1. The van der Waals surface area contributed by atoms with Gasteiger partial charge in [-0.1, -0.05) is 13.0 Å². The van der Waals surface area contributed by atoms with Crippen molar-refractivity contribution in [3.05, 3.63) is 29.8 Å². The molecule has 0 amide bonds. The molecule has 0 bridgehead atoms. The van der Waals surface area contributed by atoms with Crippen molar-refractivity contribution in [3.8, 4) is 0 Å². The fraction of sp³-hybridized carbons (Fsp3) is 0.417. The highest BCUT2D eigenvalue weighted by atomic mass is 32.2. The van der Waals surface area contributed by atoms with Crippen molar-refractivity contribution in [2.75, 3.05) is 6.54 Å². The Hall–Kier alpha value is -1.40. The molecule has 0 saturated heterocycles. The Bertz CT molecular complexity index is 563. The molecule has 0 spiro atoms. The molecule has 1 aliphatic rings. The van der Waals surface area contributed by atoms with Gasteiger partial charge in [0, 0.05) is 12.6 Å². The van der Waals surface area contributed by atoms with E-state index in [0.29, 0.717) is 6.54 Å². The van der Waals surface area contributed by atoms with Gasteiger partial charge in [0.1, 0.15) is 0 Å². The van der Waals surface area contributed by atoms with E-state index in [9.17, 15) is 13.2 Å². The first kappa shape index (κ1) is 13.0. The van der Waals surface area contributed by atoms with Crippen molar-refractivity contribution in [2.24, 2.45) is 0 Å². The van der Waals surface area contributed by atoms with Crippen LogP contribution in [-0.4, -0.2) is 36.4 Å². The fourth-order valence-corrected chi connectivity index (χ4v) is 3.65. The molecule has 1 saturated carbocycles. The Kier molecular flexibility index (Phi) is 3.41. The van der Waals surface area contributed by atoms with Crippen LogP contribution in [0.3, 0.4) is 0 Å². The standard InChI is InChI=1S/C12H15NO4S/c1-2-13(10-6-7-10)18(16,17)11-5-3-4-9(8-11)12(14)15/h3-5,8,10H,2,6-7H2,1H3,(H,14,15). The van der Waals surface area contributed by atoms with Gasteiger partial charge in [-0.15, -0.1) is 0 Å². The molecular weight excluding hydrogens is 254 g/mol. The molecule has 18 heavy (non-hydrogen) atoms. The van der Waals surface area contributed by atoms with Gasteiger partial charge in [-0.3, -0.25) is 0 Å². The zero-order valence-corrected chi connectivity index (χ0v) is 10.9. The second-order valence-corrected chi connectivity index (χ2v) is 6.16. The fourth-order valence-electron chi connectivity index (χ4n) is 1.91. The minimum absolute atomic E-state index is 0.0112. The quantitative estimate of drug-likeness (QED) is 0.880. The normalized spacial score (nSPS) is 15.9. The first-order valence-electron chi connectivity index (χ1n) is 5.82. The number of benzene rings is 1. The van der Waals surface area contributed by atoms with E-state index in [-0.39, 0.29) is 16.5 Å². The van der Waals surface area contributed by atoms with Crippen LogP contribution in [0.1, 0.15) is 30.1 Å². The molecule has 6 heteroatoms. The van der Waals surface area contributed by atoms with Gasteiger partial charge in [0.15, 0.2) is 0 Å². The molecule has 0 atom stereocenters. The second-order valence-electron chi connectivity index (χ2n) is 4.27. The predicted octanol–water partition coefficient (Wildman–Crippen LogP) is 1.56. The lowest BCUT2D eigenvalue weighted by Crippen LogP contribution is -2.33. The third-order valence-electron chi connectivity index (χ3n) is 2.95. The molecule has 2 rings (SSSR count). The number of carboxylic acid groups (broad SMARTS) is 1. The summed E-state index contributed by atoms with van der Waals surface area (Å²) in [5.74, 6) is -1.12. The third-order valence-corrected chi connectivity index (χ3v) is 4.98. The molecule has 1 N–H and O–H groups in total. The van der Waals surface area contributed by atoms with E-state index in [1.165, 1.54) is 28.6 Å². The number of carbonyl (C=O) groups is 1. The molecular formula is C12H15NO4S. The molecule has 0 aliphatic heterocycles. The molecule has 1 fully saturated rings. The van der Waals surface area contributed by atoms with E-state index < -0.39 is 16.0 Å². The Labute approximate surface area is 106 Å². The van der Waals surface area contributed by atoms with E-state index in [1.807, 2.05) is 0 Å². The molecule has 0 unspecified atom stereocenters. The van der Waals surface area contributed by atoms with Gasteiger partial charge in [-0.05, 0) is 31.0 Å². The van der Waals surface area contributed by atoms with Crippen LogP contribution in [0.25, 0.3) is 0 Å². The van der Waals surface area contributed by atoms with Crippen molar-refractivity contribution >= 4 is 16.0 Å². The smallest absolute Gasteiger partial charge is 0.335 e. The third kappa shape index (κ3) is 2.39. The minimum atomic E-state index is -3.57. The number of carboxylic acids is 1. The maximum atomic E-state index is 12.4. The van der Waals surface area contributed by atoms with Gasteiger partial charge in [0.2, 0.25) is 10.0 Å². The number of hydrogen-bond acceptors (Lipinski definition) is 3. The van der Waals surface area contributed by atoms with E-state index in [2.05, 4.69) is 0 Å². The number of nitrogens with zero attached hydrogens (tertiary/aromatic N) is 1. The summed E-state index contributed by atoms with van der Waals surface area (Å²) in [7, 11) is -3.57. The van der Waals surface area contributed by atoms with Gasteiger partial charge >= 0.3 is 5.97 Å². The summed E-state index contributed by atoms with van der Waals surface area (Å²) in [6, 6.07) is 5.56.